The number of ketones is 1. The lowest BCUT2D eigenvalue weighted by Gasteiger charge is -2.23. The standard InChI is InChI=1S/C12H24N2O2/c1-5-10(2)14(4)9-8-13-12(16)7-6-11(3)15/h10H,5-9H2,1-4H3,(H,13,16). The normalized spacial score (nSPS) is 12.6. The van der Waals surface area contributed by atoms with Crippen LogP contribution in [-0.4, -0.2) is 42.8 Å². The van der Waals surface area contributed by atoms with Crippen LogP contribution in [0.4, 0.5) is 0 Å². The number of carbonyl (C=O) groups excluding carboxylic acids is 2. The molecule has 1 atom stereocenters. The number of rotatable bonds is 8. The first-order valence-corrected chi connectivity index (χ1v) is 5.93. The second-order valence-electron chi connectivity index (χ2n) is 4.29. The van der Waals surface area contributed by atoms with Crippen molar-refractivity contribution in [3.8, 4) is 0 Å². The molecule has 1 amide bonds. The van der Waals surface area contributed by atoms with Crippen LogP contribution in [0.25, 0.3) is 0 Å². The Hall–Kier alpha value is -0.900. The molecule has 0 radical (unpaired) electrons. The zero-order valence-corrected chi connectivity index (χ0v) is 10.9. The van der Waals surface area contributed by atoms with Crippen LogP contribution >= 0.6 is 0 Å². The molecule has 0 aliphatic heterocycles. The summed E-state index contributed by atoms with van der Waals surface area (Å²) in [7, 11) is 2.05. The molecule has 0 aromatic rings. The van der Waals surface area contributed by atoms with Crippen molar-refractivity contribution in [1.29, 1.82) is 0 Å². The Labute approximate surface area is 98.4 Å². The molecule has 0 saturated heterocycles. The zero-order valence-electron chi connectivity index (χ0n) is 10.9. The third kappa shape index (κ3) is 7.40. The van der Waals surface area contributed by atoms with Crippen molar-refractivity contribution in [2.24, 2.45) is 0 Å². The van der Waals surface area contributed by atoms with Crippen molar-refractivity contribution >= 4 is 11.7 Å². The molecule has 94 valence electrons. The van der Waals surface area contributed by atoms with E-state index in [2.05, 4.69) is 31.1 Å². The minimum Gasteiger partial charge on any atom is -0.355 e. The van der Waals surface area contributed by atoms with Crippen molar-refractivity contribution in [3.63, 3.8) is 0 Å². The SMILES string of the molecule is CCC(C)N(C)CCNC(=O)CCC(C)=O. The number of nitrogens with one attached hydrogen (secondary N) is 1. The fourth-order valence-corrected chi connectivity index (χ4v) is 1.28. The van der Waals surface area contributed by atoms with Crippen molar-refractivity contribution in [2.75, 3.05) is 20.1 Å². The Kier molecular flexibility index (Phi) is 7.81. The average molecular weight is 228 g/mol. The van der Waals surface area contributed by atoms with E-state index in [9.17, 15) is 9.59 Å². The van der Waals surface area contributed by atoms with Crippen molar-refractivity contribution in [1.82, 2.24) is 10.2 Å². The molecule has 0 aromatic heterocycles. The van der Waals surface area contributed by atoms with Gasteiger partial charge in [-0.15, -0.1) is 0 Å². The summed E-state index contributed by atoms with van der Waals surface area (Å²) in [5, 5.41) is 2.82. The monoisotopic (exact) mass is 228 g/mol. The van der Waals surface area contributed by atoms with E-state index in [-0.39, 0.29) is 11.7 Å². The van der Waals surface area contributed by atoms with Gasteiger partial charge >= 0.3 is 0 Å². The molecule has 0 aliphatic carbocycles. The number of nitrogens with zero attached hydrogens (tertiary/aromatic N) is 1. The minimum absolute atomic E-state index is 0.0345. The number of amides is 1. The molecule has 0 aliphatic rings. The van der Waals surface area contributed by atoms with Gasteiger partial charge in [-0.1, -0.05) is 6.92 Å². The Bertz CT molecular complexity index is 229. The molecule has 1 unspecified atom stereocenters. The summed E-state index contributed by atoms with van der Waals surface area (Å²) < 4.78 is 0. The van der Waals surface area contributed by atoms with Gasteiger partial charge in [-0.2, -0.15) is 0 Å². The lowest BCUT2D eigenvalue weighted by molar-refractivity contribution is -0.124. The second-order valence-corrected chi connectivity index (χ2v) is 4.29. The van der Waals surface area contributed by atoms with Crippen LogP contribution in [0.15, 0.2) is 0 Å². The Morgan fingerprint density at radius 1 is 1.31 bits per heavy atom. The van der Waals surface area contributed by atoms with E-state index in [0.29, 0.717) is 25.4 Å². The molecule has 0 saturated carbocycles. The number of hydrogen-bond donors (Lipinski definition) is 1. The molecule has 0 spiro atoms. The fourth-order valence-electron chi connectivity index (χ4n) is 1.28. The van der Waals surface area contributed by atoms with Gasteiger partial charge in [-0.25, -0.2) is 0 Å². The molecule has 4 heteroatoms. The largest absolute Gasteiger partial charge is 0.355 e. The van der Waals surface area contributed by atoms with E-state index in [1.54, 1.807) is 0 Å². The average Bonchev–Trinajstić information content (AvgIpc) is 2.24. The van der Waals surface area contributed by atoms with Gasteiger partial charge in [0.1, 0.15) is 5.78 Å². The van der Waals surface area contributed by atoms with Gasteiger partial charge in [0, 0.05) is 32.0 Å². The zero-order chi connectivity index (χ0) is 12.6. The summed E-state index contributed by atoms with van der Waals surface area (Å²) in [6, 6.07) is 0.536. The van der Waals surface area contributed by atoms with Gasteiger partial charge in [-0.05, 0) is 27.3 Å². The first-order valence-electron chi connectivity index (χ1n) is 5.93. The quantitative estimate of drug-likeness (QED) is 0.679. The number of likely N-dealkylation sites (N-methyl/N-ethyl adjacent to an activating group) is 1. The lowest BCUT2D eigenvalue weighted by Crippen LogP contribution is -2.37. The molecule has 1 N–H and O–H groups in total. The van der Waals surface area contributed by atoms with E-state index in [4.69, 9.17) is 0 Å². The highest BCUT2D eigenvalue weighted by Crippen LogP contribution is 1.98. The summed E-state index contributed by atoms with van der Waals surface area (Å²) in [5.74, 6) is 0.0274. The van der Waals surface area contributed by atoms with Gasteiger partial charge in [0.2, 0.25) is 5.91 Å². The first kappa shape index (κ1) is 15.1. The highest BCUT2D eigenvalue weighted by molar-refractivity contribution is 5.83. The highest BCUT2D eigenvalue weighted by Gasteiger charge is 2.07. The van der Waals surface area contributed by atoms with Crippen molar-refractivity contribution < 1.29 is 9.59 Å². The highest BCUT2D eigenvalue weighted by atomic mass is 16.2. The van der Waals surface area contributed by atoms with E-state index in [0.717, 1.165) is 13.0 Å². The van der Waals surface area contributed by atoms with Gasteiger partial charge in [-0.3, -0.25) is 4.79 Å². The van der Waals surface area contributed by atoms with Gasteiger partial charge in [0.15, 0.2) is 0 Å². The third-order valence-electron chi connectivity index (χ3n) is 2.83. The maximum absolute atomic E-state index is 11.3. The lowest BCUT2D eigenvalue weighted by atomic mass is 10.2. The fraction of sp³-hybridized carbons (Fsp3) is 0.833. The Morgan fingerprint density at radius 2 is 1.94 bits per heavy atom. The van der Waals surface area contributed by atoms with Crippen LogP contribution in [0.3, 0.4) is 0 Å². The number of hydrogen-bond acceptors (Lipinski definition) is 3. The van der Waals surface area contributed by atoms with Crippen LogP contribution in [0.5, 0.6) is 0 Å². The predicted molar refractivity (Wildman–Crippen MR) is 65.3 cm³/mol. The van der Waals surface area contributed by atoms with Crippen LogP contribution < -0.4 is 5.32 Å². The smallest absolute Gasteiger partial charge is 0.220 e. The second kappa shape index (κ2) is 8.28. The molecule has 0 bridgehead atoms. The molecule has 4 nitrogen and oxygen atoms in total. The van der Waals surface area contributed by atoms with E-state index in [1.165, 1.54) is 6.92 Å². The van der Waals surface area contributed by atoms with Crippen LogP contribution in [0.1, 0.15) is 40.0 Å². The Morgan fingerprint density at radius 3 is 2.44 bits per heavy atom. The topological polar surface area (TPSA) is 49.4 Å². The molecular weight excluding hydrogens is 204 g/mol. The minimum atomic E-state index is -0.0345. The predicted octanol–water partition coefficient (Wildman–Crippen LogP) is 1.20. The number of Topliss-reactive ketones (excluding diaryl/α,β-unsaturated/α-hetero) is 1. The first-order chi connectivity index (χ1) is 7.47. The van der Waals surface area contributed by atoms with E-state index in [1.807, 2.05) is 0 Å². The summed E-state index contributed by atoms with van der Waals surface area (Å²) in [5.41, 5.74) is 0. The molecular formula is C12H24N2O2. The number of carbonyl (C=O) groups is 2. The van der Waals surface area contributed by atoms with Gasteiger partial charge < -0.3 is 15.0 Å². The maximum atomic E-state index is 11.3. The summed E-state index contributed by atoms with van der Waals surface area (Å²) >= 11 is 0. The molecule has 0 rings (SSSR count). The van der Waals surface area contributed by atoms with Crippen molar-refractivity contribution in [2.45, 2.75) is 46.1 Å². The summed E-state index contributed by atoms with van der Waals surface area (Å²) in [6.45, 7) is 7.31. The molecule has 0 fully saturated rings. The van der Waals surface area contributed by atoms with E-state index < -0.39 is 0 Å². The van der Waals surface area contributed by atoms with Crippen LogP contribution in [0, 0.1) is 0 Å². The maximum Gasteiger partial charge on any atom is 0.220 e. The van der Waals surface area contributed by atoms with Gasteiger partial charge in [0.25, 0.3) is 0 Å². The van der Waals surface area contributed by atoms with Gasteiger partial charge in [0.05, 0.1) is 0 Å². The third-order valence-corrected chi connectivity index (χ3v) is 2.83. The van der Waals surface area contributed by atoms with Crippen LogP contribution in [-0.2, 0) is 9.59 Å². The van der Waals surface area contributed by atoms with E-state index >= 15 is 0 Å². The molecule has 16 heavy (non-hydrogen) atoms. The van der Waals surface area contributed by atoms with Crippen molar-refractivity contribution in [3.05, 3.63) is 0 Å². The summed E-state index contributed by atoms with van der Waals surface area (Å²) in [4.78, 5) is 24.2. The summed E-state index contributed by atoms with van der Waals surface area (Å²) in [6.07, 6.45) is 1.75. The molecule has 0 aromatic carbocycles. The Balaban J connectivity index is 3.57. The molecule has 0 heterocycles. The van der Waals surface area contributed by atoms with Crippen LogP contribution in [0.2, 0.25) is 0 Å².